The lowest BCUT2D eigenvalue weighted by Crippen LogP contribution is -2.23. The molecule has 0 bridgehead atoms. The van der Waals surface area contributed by atoms with Crippen LogP contribution >= 0.6 is 11.6 Å². The molecule has 0 amide bonds. The van der Waals surface area contributed by atoms with E-state index in [2.05, 4.69) is 17.4 Å². The van der Waals surface area contributed by atoms with Gasteiger partial charge in [0.05, 0.1) is 11.7 Å². The van der Waals surface area contributed by atoms with Gasteiger partial charge < -0.3 is 15.5 Å². The first-order valence-corrected chi connectivity index (χ1v) is 9.47. The van der Waals surface area contributed by atoms with Gasteiger partial charge in [0.15, 0.2) is 0 Å². The van der Waals surface area contributed by atoms with Crippen LogP contribution in [0.3, 0.4) is 0 Å². The Balaban J connectivity index is 1.48. The first kappa shape index (κ1) is 20.1. The van der Waals surface area contributed by atoms with E-state index in [0.29, 0.717) is 11.6 Å². The summed E-state index contributed by atoms with van der Waals surface area (Å²) >= 11 is 5.95. The zero-order valence-electron chi connectivity index (χ0n) is 15.3. The number of rotatable bonds is 8. The molecule has 144 valence electrons. The maximum absolute atomic E-state index is 10.9. The van der Waals surface area contributed by atoms with E-state index >= 15 is 0 Å². The molecule has 0 spiro atoms. The third kappa shape index (κ3) is 5.42. The number of carbonyl (C=O) groups is 1. The maximum Gasteiger partial charge on any atom is 0.335 e. The van der Waals surface area contributed by atoms with Crippen LogP contribution in [0.25, 0.3) is 11.1 Å². The molecule has 1 atom stereocenters. The molecular weight excluding hydrogens is 374 g/mol. The SMILES string of the molecule is O=C(O)c1ccc(-c2ccc(CCNC[C@H](O)c3cccc(Cl)c3)cc2)cc1. The van der Waals surface area contributed by atoms with Crippen molar-refractivity contribution >= 4 is 17.6 Å². The summed E-state index contributed by atoms with van der Waals surface area (Å²) in [5.74, 6) is -0.921. The number of aliphatic hydroxyl groups is 1. The van der Waals surface area contributed by atoms with Gasteiger partial charge in [0, 0.05) is 11.6 Å². The van der Waals surface area contributed by atoms with Gasteiger partial charge in [-0.1, -0.05) is 60.1 Å². The molecule has 4 nitrogen and oxygen atoms in total. The van der Waals surface area contributed by atoms with Crippen LogP contribution in [-0.4, -0.2) is 29.3 Å². The monoisotopic (exact) mass is 395 g/mol. The minimum atomic E-state index is -0.921. The van der Waals surface area contributed by atoms with Gasteiger partial charge in [-0.3, -0.25) is 0 Å². The Morgan fingerprint density at radius 2 is 1.61 bits per heavy atom. The molecule has 0 aliphatic rings. The molecule has 28 heavy (non-hydrogen) atoms. The third-order valence-electron chi connectivity index (χ3n) is 4.58. The van der Waals surface area contributed by atoms with Crippen molar-refractivity contribution in [1.29, 1.82) is 0 Å². The number of hydrogen-bond acceptors (Lipinski definition) is 3. The fraction of sp³-hybridized carbons (Fsp3) is 0.174. The molecule has 0 saturated heterocycles. The van der Waals surface area contributed by atoms with Crippen LogP contribution in [0.4, 0.5) is 0 Å². The molecule has 5 heteroatoms. The largest absolute Gasteiger partial charge is 0.478 e. The fourth-order valence-electron chi connectivity index (χ4n) is 2.97. The highest BCUT2D eigenvalue weighted by Gasteiger charge is 2.07. The van der Waals surface area contributed by atoms with Gasteiger partial charge in [-0.25, -0.2) is 4.79 Å². The molecule has 3 N–H and O–H groups in total. The van der Waals surface area contributed by atoms with Gasteiger partial charge in [-0.15, -0.1) is 0 Å². The molecule has 0 unspecified atom stereocenters. The standard InChI is InChI=1S/C23H22ClNO3/c24-21-3-1-2-20(14-21)22(26)15-25-13-12-16-4-6-17(7-5-16)18-8-10-19(11-9-18)23(27)28/h1-11,14,22,25-26H,12-13,15H2,(H,27,28)/t22-/m0/s1. The van der Waals surface area contributed by atoms with Crippen LogP contribution < -0.4 is 5.32 Å². The molecule has 3 aromatic carbocycles. The molecule has 0 radical (unpaired) electrons. The van der Waals surface area contributed by atoms with E-state index in [1.54, 1.807) is 24.3 Å². The smallest absolute Gasteiger partial charge is 0.335 e. The topological polar surface area (TPSA) is 69.6 Å². The van der Waals surface area contributed by atoms with Crippen molar-refractivity contribution in [1.82, 2.24) is 5.32 Å². The van der Waals surface area contributed by atoms with Gasteiger partial charge in [0.1, 0.15) is 0 Å². The Hall–Kier alpha value is -2.66. The van der Waals surface area contributed by atoms with Crippen LogP contribution in [0.15, 0.2) is 72.8 Å². The lowest BCUT2D eigenvalue weighted by Gasteiger charge is -2.12. The second-order valence-electron chi connectivity index (χ2n) is 6.60. The Morgan fingerprint density at radius 1 is 0.964 bits per heavy atom. The zero-order valence-corrected chi connectivity index (χ0v) is 16.1. The van der Waals surface area contributed by atoms with E-state index < -0.39 is 12.1 Å². The minimum Gasteiger partial charge on any atom is -0.478 e. The minimum absolute atomic E-state index is 0.284. The lowest BCUT2D eigenvalue weighted by molar-refractivity contribution is 0.0697. The summed E-state index contributed by atoms with van der Waals surface area (Å²) in [7, 11) is 0. The highest BCUT2D eigenvalue weighted by Crippen LogP contribution is 2.21. The molecule has 0 fully saturated rings. The molecule has 0 aliphatic carbocycles. The zero-order chi connectivity index (χ0) is 19.9. The van der Waals surface area contributed by atoms with Crippen LogP contribution in [0, 0.1) is 0 Å². The summed E-state index contributed by atoms with van der Waals surface area (Å²) < 4.78 is 0. The second-order valence-corrected chi connectivity index (χ2v) is 7.04. The van der Waals surface area contributed by atoms with Crippen LogP contribution in [0.1, 0.15) is 27.6 Å². The molecular formula is C23H22ClNO3. The third-order valence-corrected chi connectivity index (χ3v) is 4.82. The summed E-state index contributed by atoms with van der Waals surface area (Å²) in [5.41, 5.74) is 4.31. The molecule has 0 saturated carbocycles. The summed E-state index contributed by atoms with van der Waals surface area (Å²) in [6.07, 6.45) is 0.260. The normalized spacial score (nSPS) is 11.9. The average molecular weight is 396 g/mol. The average Bonchev–Trinajstić information content (AvgIpc) is 2.71. The van der Waals surface area contributed by atoms with Crippen molar-refractivity contribution < 1.29 is 15.0 Å². The van der Waals surface area contributed by atoms with Gasteiger partial charge in [-0.2, -0.15) is 0 Å². The van der Waals surface area contributed by atoms with Crippen LogP contribution in [-0.2, 0) is 6.42 Å². The van der Waals surface area contributed by atoms with Crippen LogP contribution in [0.5, 0.6) is 0 Å². The fourth-order valence-corrected chi connectivity index (χ4v) is 3.17. The highest BCUT2D eigenvalue weighted by atomic mass is 35.5. The number of nitrogens with one attached hydrogen (secondary N) is 1. The van der Waals surface area contributed by atoms with Gasteiger partial charge in [0.2, 0.25) is 0 Å². The maximum atomic E-state index is 10.9. The molecule has 0 heterocycles. The Bertz CT molecular complexity index is 923. The van der Waals surface area contributed by atoms with E-state index in [4.69, 9.17) is 16.7 Å². The predicted octanol–water partition coefficient (Wildman–Crippen LogP) is 4.57. The van der Waals surface area contributed by atoms with Crippen molar-refractivity contribution in [2.24, 2.45) is 0 Å². The van der Waals surface area contributed by atoms with E-state index in [1.807, 2.05) is 36.4 Å². The lowest BCUT2D eigenvalue weighted by atomic mass is 10.0. The van der Waals surface area contributed by atoms with Crippen molar-refractivity contribution in [3.8, 4) is 11.1 Å². The first-order valence-electron chi connectivity index (χ1n) is 9.10. The summed E-state index contributed by atoms with van der Waals surface area (Å²) in [4.78, 5) is 10.9. The Kier molecular flexibility index (Phi) is 6.82. The van der Waals surface area contributed by atoms with Crippen molar-refractivity contribution in [2.75, 3.05) is 13.1 Å². The molecule has 0 aromatic heterocycles. The van der Waals surface area contributed by atoms with Gasteiger partial charge in [-0.05, 0) is 59.5 Å². The van der Waals surface area contributed by atoms with E-state index in [9.17, 15) is 9.90 Å². The van der Waals surface area contributed by atoms with Crippen molar-refractivity contribution in [3.05, 3.63) is 94.5 Å². The van der Waals surface area contributed by atoms with Gasteiger partial charge >= 0.3 is 5.97 Å². The molecule has 3 aromatic rings. The van der Waals surface area contributed by atoms with E-state index in [1.165, 1.54) is 5.56 Å². The number of carboxylic acid groups (broad SMARTS) is 1. The number of benzene rings is 3. The van der Waals surface area contributed by atoms with Crippen molar-refractivity contribution in [2.45, 2.75) is 12.5 Å². The highest BCUT2D eigenvalue weighted by molar-refractivity contribution is 6.30. The number of aromatic carboxylic acids is 1. The number of carboxylic acids is 1. The quantitative estimate of drug-likeness (QED) is 0.488. The first-order chi connectivity index (χ1) is 13.5. The van der Waals surface area contributed by atoms with Crippen LogP contribution in [0.2, 0.25) is 5.02 Å². The number of aliphatic hydroxyl groups excluding tert-OH is 1. The summed E-state index contributed by atoms with van der Waals surface area (Å²) in [6.45, 7) is 1.22. The summed E-state index contributed by atoms with van der Waals surface area (Å²) in [6, 6.07) is 22.3. The van der Waals surface area contributed by atoms with E-state index in [-0.39, 0.29) is 5.56 Å². The number of halogens is 1. The summed E-state index contributed by atoms with van der Waals surface area (Å²) in [5, 5.41) is 23.1. The Morgan fingerprint density at radius 3 is 2.21 bits per heavy atom. The van der Waals surface area contributed by atoms with Crippen molar-refractivity contribution in [3.63, 3.8) is 0 Å². The van der Waals surface area contributed by atoms with E-state index in [0.717, 1.165) is 29.7 Å². The van der Waals surface area contributed by atoms with Gasteiger partial charge in [0.25, 0.3) is 0 Å². The predicted molar refractivity (Wildman–Crippen MR) is 112 cm³/mol. The molecule has 0 aliphatic heterocycles. The Labute approximate surface area is 169 Å². The number of hydrogen-bond donors (Lipinski definition) is 3. The molecule has 3 rings (SSSR count). The second kappa shape index (κ2) is 9.51.